The highest BCUT2D eigenvalue weighted by Gasteiger charge is 2.23. The van der Waals surface area contributed by atoms with Crippen molar-refractivity contribution in [2.75, 3.05) is 5.75 Å². The monoisotopic (exact) mass is 273 g/mol. The van der Waals surface area contributed by atoms with Crippen molar-refractivity contribution in [2.45, 2.75) is 6.04 Å². The number of rotatable bonds is 2. The summed E-state index contributed by atoms with van der Waals surface area (Å²) in [6.45, 7) is 0. The van der Waals surface area contributed by atoms with Gasteiger partial charge < -0.3 is 5.32 Å². The zero-order valence-electron chi connectivity index (χ0n) is 8.50. The molecule has 1 unspecified atom stereocenters. The zero-order valence-corrected chi connectivity index (χ0v) is 10.1. The summed E-state index contributed by atoms with van der Waals surface area (Å²) in [4.78, 5) is 19.1. The number of halogens is 1. The molecule has 0 fully saturated rings. The maximum atomic E-state index is 11.6. The summed E-state index contributed by atoms with van der Waals surface area (Å²) in [5, 5.41) is 3.79. The van der Waals surface area contributed by atoms with Crippen molar-refractivity contribution in [3.63, 3.8) is 0 Å². The third-order valence-corrected chi connectivity index (χ3v) is 3.69. The minimum atomic E-state index is -3.18. The summed E-state index contributed by atoms with van der Waals surface area (Å²) in [7, 11) is -3.18. The number of hydrogen-bond acceptors (Lipinski definition) is 5. The van der Waals surface area contributed by atoms with E-state index >= 15 is 0 Å². The van der Waals surface area contributed by atoms with Crippen molar-refractivity contribution >= 4 is 27.3 Å². The molecule has 0 aromatic carbocycles. The molecule has 0 bridgehead atoms. The molecule has 0 spiro atoms. The third-order valence-electron chi connectivity index (χ3n) is 2.10. The van der Waals surface area contributed by atoms with Crippen LogP contribution >= 0.6 is 11.6 Å². The van der Waals surface area contributed by atoms with Gasteiger partial charge in [0.2, 0.25) is 0 Å². The topological polar surface area (TPSA) is 89.0 Å². The van der Waals surface area contributed by atoms with E-state index in [1.54, 1.807) is 0 Å². The van der Waals surface area contributed by atoms with E-state index in [9.17, 15) is 13.2 Å². The van der Waals surface area contributed by atoms with Crippen LogP contribution in [-0.4, -0.2) is 36.1 Å². The van der Waals surface area contributed by atoms with Crippen molar-refractivity contribution < 1.29 is 13.2 Å². The first kappa shape index (κ1) is 12.0. The van der Waals surface area contributed by atoms with E-state index in [2.05, 4.69) is 15.3 Å². The average Bonchev–Trinajstić information content (AvgIpc) is 2.59. The molecule has 0 saturated heterocycles. The zero-order chi connectivity index (χ0) is 12.5. The lowest BCUT2D eigenvalue weighted by Gasteiger charge is -2.08. The van der Waals surface area contributed by atoms with E-state index in [4.69, 9.17) is 11.6 Å². The summed E-state index contributed by atoms with van der Waals surface area (Å²) >= 11 is 5.53. The second-order valence-corrected chi connectivity index (χ2v) is 5.78. The van der Waals surface area contributed by atoms with Gasteiger partial charge in [-0.3, -0.25) is 4.79 Å². The van der Waals surface area contributed by atoms with Gasteiger partial charge in [-0.25, -0.2) is 18.4 Å². The molecule has 1 aromatic rings. The van der Waals surface area contributed by atoms with Gasteiger partial charge in [-0.05, 0) is 6.08 Å². The molecule has 1 aromatic heterocycles. The van der Waals surface area contributed by atoms with Crippen molar-refractivity contribution in [2.24, 2.45) is 0 Å². The van der Waals surface area contributed by atoms with Crippen molar-refractivity contribution in [3.8, 4) is 0 Å². The number of hydrogen-bond donors (Lipinski definition) is 1. The van der Waals surface area contributed by atoms with Crippen molar-refractivity contribution in [1.82, 2.24) is 15.3 Å². The highest BCUT2D eigenvalue weighted by Crippen LogP contribution is 2.08. The van der Waals surface area contributed by atoms with E-state index in [1.165, 1.54) is 18.5 Å². The van der Waals surface area contributed by atoms with Gasteiger partial charge in [0.15, 0.2) is 9.84 Å². The van der Waals surface area contributed by atoms with Gasteiger partial charge in [0.25, 0.3) is 5.91 Å². The standard InChI is InChI=1S/C9H8ClN3O3S/c10-8-4-11-7(3-12-8)9(14)13-6-1-2-17(15,16)5-6/h1-4,6H,5H2,(H,13,14). The lowest BCUT2D eigenvalue weighted by molar-refractivity contribution is 0.0942. The lowest BCUT2D eigenvalue weighted by atomic mass is 10.3. The van der Waals surface area contributed by atoms with Crippen LogP contribution in [0.5, 0.6) is 0 Å². The molecule has 8 heteroatoms. The number of carbonyl (C=O) groups is 1. The number of nitrogens with one attached hydrogen (secondary N) is 1. The van der Waals surface area contributed by atoms with Crippen LogP contribution in [0.1, 0.15) is 10.5 Å². The summed E-state index contributed by atoms with van der Waals surface area (Å²) < 4.78 is 22.2. The molecule has 0 radical (unpaired) electrons. The van der Waals surface area contributed by atoms with Gasteiger partial charge in [-0.15, -0.1) is 0 Å². The van der Waals surface area contributed by atoms with Gasteiger partial charge in [0.05, 0.1) is 24.2 Å². The minimum absolute atomic E-state index is 0.0899. The molecule has 1 aliphatic heterocycles. The molecule has 1 atom stereocenters. The van der Waals surface area contributed by atoms with Crippen molar-refractivity contribution in [3.05, 3.63) is 34.7 Å². The molecule has 6 nitrogen and oxygen atoms in total. The predicted molar refractivity (Wildman–Crippen MR) is 61.2 cm³/mol. The summed E-state index contributed by atoms with van der Waals surface area (Å²) in [5.74, 6) is -0.611. The van der Waals surface area contributed by atoms with Gasteiger partial charge in [0, 0.05) is 5.41 Å². The molecule has 17 heavy (non-hydrogen) atoms. The Labute approximate surface area is 103 Å². The Morgan fingerprint density at radius 3 is 2.71 bits per heavy atom. The molecule has 0 aliphatic carbocycles. The minimum Gasteiger partial charge on any atom is -0.343 e. The Hall–Kier alpha value is -1.47. The van der Waals surface area contributed by atoms with Crippen LogP contribution < -0.4 is 5.32 Å². The Morgan fingerprint density at radius 1 is 1.41 bits per heavy atom. The first-order valence-electron chi connectivity index (χ1n) is 4.66. The second kappa shape index (κ2) is 4.42. The SMILES string of the molecule is O=C(NC1C=CS(=O)(=O)C1)c1cnc(Cl)cn1. The summed E-state index contributed by atoms with van der Waals surface area (Å²) in [6, 6.07) is -0.523. The molecule has 1 N–H and O–H groups in total. The number of sulfone groups is 1. The highest BCUT2D eigenvalue weighted by atomic mass is 35.5. The molecule has 2 rings (SSSR count). The Kier molecular flexibility index (Phi) is 3.12. The normalized spacial score (nSPS) is 21.4. The predicted octanol–water partition coefficient (Wildman–Crippen LogP) is 0.171. The maximum absolute atomic E-state index is 11.6. The van der Waals surface area contributed by atoms with Crippen LogP contribution in [0.2, 0.25) is 5.15 Å². The first-order chi connectivity index (χ1) is 7.96. The lowest BCUT2D eigenvalue weighted by Crippen LogP contribution is -2.35. The van der Waals surface area contributed by atoms with Crippen molar-refractivity contribution in [1.29, 1.82) is 0 Å². The van der Waals surface area contributed by atoms with Crippen LogP contribution in [0.15, 0.2) is 23.9 Å². The summed E-state index contributed by atoms with van der Waals surface area (Å²) in [5.41, 5.74) is 0.0899. The first-order valence-corrected chi connectivity index (χ1v) is 6.75. The molecule has 1 aliphatic rings. The van der Waals surface area contributed by atoms with E-state index in [1.807, 2.05) is 0 Å². The molecule has 0 saturated carbocycles. The van der Waals surface area contributed by atoms with Crippen LogP contribution in [-0.2, 0) is 9.84 Å². The Bertz CT molecular complexity index is 568. The van der Waals surface area contributed by atoms with Crippen LogP contribution in [0.4, 0.5) is 0 Å². The van der Waals surface area contributed by atoms with E-state index < -0.39 is 21.8 Å². The number of nitrogens with zero attached hydrogens (tertiary/aromatic N) is 2. The van der Waals surface area contributed by atoms with Crippen LogP contribution in [0.25, 0.3) is 0 Å². The molecular weight excluding hydrogens is 266 g/mol. The van der Waals surface area contributed by atoms with Gasteiger partial charge in [0.1, 0.15) is 10.8 Å². The molecule has 2 heterocycles. The maximum Gasteiger partial charge on any atom is 0.271 e. The van der Waals surface area contributed by atoms with Gasteiger partial charge in [-0.1, -0.05) is 11.6 Å². The second-order valence-electron chi connectivity index (χ2n) is 3.46. The van der Waals surface area contributed by atoms with Crippen LogP contribution in [0.3, 0.4) is 0 Å². The number of aromatic nitrogens is 2. The molecular formula is C9H8ClN3O3S. The van der Waals surface area contributed by atoms with Crippen LogP contribution in [0, 0.1) is 0 Å². The smallest absolute Gasteiger partial charge is 0.271 e. The fraction of sp³-hybridized carbons (Fsp3) is 0.222. The Balaban J connectivity index is 2.04. The quantitative estimate of drug-likeness (QED) is 0.830. The van der Waals surface area contributed by atoms with E-state index in [0.29, 0.717) is 0 Å². The molecule has 1 amide bonds. The fourth-order valence-corrected chi connectivity index (χ4v) is 2.67. The third kappa shape index (κ3) is 3.01. The van der Waals surface area contributed by atoms with Gasteiger partial charge >= 0.3 is 0 Å². The largest absolute Gasteiger partial charge is 0.343 e. The highest BCUT2D eigenvalue weighted by molar-refractivity contribution is 7.94. The number of carbonyl (C=O) groups excluding carboxylic acids is 1. The van der Waals surface area contributed by atoms with E-state index in [0.717, 1.165) is 5.41 Å². The summed E-state index contributed by atoms with van der Waals surface area (Å²) in [6.07, 6.45) is 3.90. The van der Waals surface area contributed by atoms with Gasteiger partial charge in [-0.2, -0.15) is 0 Å². The number of amides is 1. The van der Waals surface area contributed by atoms with E-state index in [-0.39, 0.29) is 16.6 Å². The molecule has 90 valence electrons. The average molecular weight is 274 g/mol. The Morgan fingerprint density at radius 2 is 2.18 bits per heavy atom. The fourth-order valence-electron chi connectivity index (χ4n) is 1.34.